The van der Waals surface area contributed by atoms with Gasteiger partial charge in [0.2, 0.25) is 0 Å². The van der Waals surface area contributed by atoms with Crippen molar-refractivity contribution in [1.82, 2.24) is 19.8 Å². The number of nitrogens with zero attached hydrogens (tertiary/aromatic N) is 5. The fourth-order valence-electron chi connectivity index (χ4n) is 3.07. The van der Waals surface area contributed by atoms with Crippen molar-refractivity contribution in [3.63, 3.8) is 0 Å². The Kier molecular flexibility index (Phi) is 6.18. The maximum absolute atomic E-state index is 4.81. The van der Waals surface area contributed by atoms with Gasteiger partial charge >= 0.3 is 0 Å². The Bertz CT molecular complexity index is 604. The summed E-state index contributed by atoms with van der Waals surface area (Å²) in [5.74, 6) is 1.00. The number of aromatic nitrogens is 2. The molecule has 1 saturated heterocycles. The summed E-state index contributed by atoms with van der Waals surface area (Å²) in [6.45, 7) is 13.3. The largest absolute Gasteiger partial charge is 0.353 e. The molecule has 24 heavy (non-hydrogen) atoms. The van der Waals surface area contributed by atoms with Crippen LogP contribution in [0.5, 0.6) is 0 Å². The average molecular weight is 346 g/mol. The SMILES string of the molecule is CCN(CC)CCN1CCN(c2cncc(-c3cccs3)n2)CC1. The first-order chi connectivity index (χ1) is 11.8. The van der Waals surface area contributed by atoms with Crippen LogP contribution in [0.1, 0.15) is 13.8 Å². The van der Waals surface area contributed by atoms with E-state index in [0.717, 1.165) is 57.3 Å². The number of anilines is 1. The summed E-state index contributed by atoms with van der Waals surface area (Å²) >= 11 is 1.71. The normalized spacial score (nSPS) is 16.0. The number of thiophene rings is 1. The molecule has 0 aromatic carbocycles. The Morgan fingerprint density at radius 3 is 2.58 bits per heavy atom. The summed E-state index contributed by atoms with van der Waals surface area (Å²) in [5, 5.41) is 2.08. The van der Waals surface area contributed by atoms with Gasteiger partial charge in [-0.1, -0.05) is 19.9 Å². The molecule has 5 nitrogen and oxygen atoms in total. The number of piperazine rings is 1. The summed E-state index contributed by atoms with van der Waals surface area (Å²) in [6.07, 6.45) is 3.75. The van der Waals surface area contributed by atoms with E-state index in [4.69, 9.17) is 4.98 Å². The standard InChI is InChI=1S/C18H27N5S/c1-3-21(4-2)7-8-22-9-11-23(12-10-22)18-15-19-14-16(20-18)17-6-5-13-24-17/h5-6,13-15H,3-4,7-12H2,1-2H3. The van der Waals surface area contributed by atoms with E-state index >= 15 is 0 Å². The Morgan fingerprint density at radius 2 is 1.92 bits per heavy atom. The van der Waals surface area contributed by atoms with Crippen molar-refractivity contribution >= 4 is 17.2 Å². The van der Waals surface area contributed by atoms with Crippen LogP contribution in [0, 0.1) is 0 Å². The third-order valence-corrected chi connectivity index (χ3v) is 5.61. The molecular formula is C18H27N5S. The topological polar surface area (TPSA) is 35.5 Å². The van der Waals surface area contributed by atoms with Gasteiger partial charge in [-0.2, -0.15) is 0 Å². The Morgan fingerprint density at radius 1 is 1.12 bits per heavy atom. The van der Waals surface area contributed by atoms with Crippen molar-refractivity contribution < 1.29 is 0 Å². The fourth-order valence-corrected chi connectivity index (χ4v) is 3.75. The summed E-state index contributed by atoms with van der Waals surface area (Å²) in [6, 6.07) is 4.16. The summed E-state index contributed by atoms with van der Waals surface area (Å²) < 4.78 is 0. The van der Waals surface area contributed by atoms with Gasteiger partial charge in [0, 0.05) is 39.3 Å². The molecule has 3 rings (SSSR count). The molecule has 1 aliphatic rings. The van der Waals surface area contributed by atoms with Crippen molar-refractivity contribution in [1.29, 1.82) is 0 Å². The smallest absolute Gasteiger partial charge is 0.147 e. The molecule has 0 unspecified atom stereocenters. The first kappa shape index (κ1) is 17.3. The highest BCUT2D eigenvalue weighted by Gasteiger charge is 2.19. The Hall–Kier alpha value is -1.50. The monoisotopic (exact) mass is 345 g/mol. The lowest BCUT2D eigenvalue weighted by Crippen LogP contribution is -2.48. The van der Waals surface area contributed by atoms with Gasteiger partial charge in [-0.3, -0.25) is 9.88 Å². The van der Waals surface area contributed by atoms with Gasteiger partial charge in [0.1, 0.15) is 11.5 Å². The molecule has 1 aliphatic heterocycles. The quantitative estimate of drug-likeness (QED) is 0.771. The van der Waals surface area contributed by atoms with E-state index < -0.39 is 0 Å². The molecule has 0 amide bonds. The number of rotatable bonds is 7. The van der Waals surface area contributed by atoms with Gasteiger partial charge in [0.15, 0.2) is 0 Å². The van der Waals surface area contributed by atoms with E-state index in [1.165, 1.54) is 11.4 Å². The summed E-state index contributed by atoms with van der Waals surface area (Å²) in [5.41, 5.74) is 0.978. The van der Waals surface area contributed by atoms with E-state index in [-0.39, 0.29) is 0 Å². The summed E-state index contributed by atoms with van der Waals surface area (Å²) in [4.78, 5) is 17.8. The molecule has 0 N–H and O–H groups in total. The Labute approximate surface area is 148 Å². The second kappa shape index (κ2) is 8.55. The minimum Gasteiger partial charge on any atom is -0.353 e. The van der Waals surface area contributed by atoms with E-state index in [1.54, 1.807) is 11.3 Å². The average Bonchev–Trinajstić information content (AvgIpc) is 3.18. The molecule has 1 fully saturated rings. The van der Waals surface area contributed by atoms with Crippen LogP contribution in [0.4, 0.5) is 5.82 Å². The van der Waals surface area contributed by atoms with Crippen LogP contribution >= 0.6 is 11.3 Å². The molecule has 0 spiro atoms. The molecule has 0 radical (unpaired) electrons. The molecule has 2 aromatic heterocycles. The summed E-state index contributed by atoms with van der Waals surface area (Å²) in [7, 11) is 0. The molecule has 2 aromatic rings. The van der Waals surface area contributed by atoms with E-state index in [1.807, 2.05) is 12.4 Å². The van der Waals surface area contributed by atoms with Crippen molar-refractivity contribution in [2.24, 2.45) is 0 Å². The maximum Gasteiger partial charge on any atom is 0.147 e. The predicted octanol–water partition coefficient (Wildman–Crippen LogP) is 2.67. The zero-order chi connectivity index (χ0) is 16.8. The molecule has 0 bridgehead atoms. The molecular weight excluding hydrogens is 318 g/mol. The van der Waals surface area contributed by atoms with Gasteiger partial charge in [-0.05, 0) is 24.5 Å². The number of likely N-dealkylation sites (N-methyl/N-ethyl adjacent to an activating group) is 1. The van der Waals surface area contributed by atoms with Crippen LogP contribution in [0.2, 0.25) is 0 Å². The molecule has 0 atom stereocenters. The Balaban J connectivity index is 1.54. The van der Waals surface area contributed by atoms with Gasteiger partial charge in [0.25, 0.3) is 0 Å². The zero-order valence-electron chi connectivity index (χ0n) is 14.7. The van der Waals surface area contributed by atoms with Crippen LogP contribution in [-0.2, 0) is 0 Å². The van der Waals surface area contributed by atoms with Crippen LogP contribution in [0.15, 0.2) is 29.9 Å². The van der Waals surface area contributed by atoms with Gasteiger partial charge in [-0.25, -0.2) is 4.98 Å². The third kappa shape index (κ3) is 4.32. The van der Waals surface area contributed by atoms with Gasteiger partial charge < -0.3 is 9.80 Å². The van der Waals surface area contributed by atoms with Crippen LogP contribution in [-0.4, -0.2) is 72.1 Å². The predicted molar refractivity (Wildman–Crippen MR) is 102 cm³/mol. The van der Waals surface area contributed by atoms with Crippen molar-refractivity contribution in [3.8, 4) is 10.6 Å². The molecule has 0 saturated carbocycles. The third-order valence-electron chi connectivity index (χ3n) is 4.72. The van der Waals surface area contributed by atoms with Crippen molar-refractivity contribution in [3.05, 3.63) is 29.9 Å². The van der Waals surface area contributed by atoms with Crippen LogP contribution in [0.3, 0.4) is 0 Å². The highest BCUT2D eigenvalue weighted by atomic mass is 32.1. The highest BCUT2D eigenvalue weighted by molar-refractivity contribution is 7.13. The van der Waals surface area contributed by atoms with Crippen LogP contribution in [0.25, 0.3) is 10.6 Å². The van der Waals surface area contributed by atoms with E-state index in [0.29, 0.717) is 0 Å². The van der Waals surface area contributed by atoms with Crippen molar-refractivity contribution in [2.45, 2.75) is 13.8 Å². The first-order valence-corrected chi connectivity index (χ1v) is 9.73. The van der Waals surface area contributed by atoms with E-state index in [9.17, 15) is 0 Å². The zero-order valence-corrected chi connectivity index (χ0v) is 15.5. The molecule has 6 heteroatoms. The first-order valence-electron chi connectivity index (χ1n) is 8.85. The minimum atomic E-state index is 0.978. The minimum absolute atomic E-state index is 0.978. The molecule has 3 heterocycles. The highest BCUT2D eigenvalue weighted by Crippen LogP contribution is 2.24. The van der Waals surface area contributed by atoms with E-state index in [2.05, 4.69) is 51.0 Å². The van der Waals surface area contributed by atoms with Gasteiger partial charge in [-0.15, -0.1) is 11.3 Å². The maximum atomic E-state index is 4.81. The van der Waals surface area contributed by atoms with Gasteiger partial charge in [0.05, 0.1) is 17.3 Å². The number of hydrogen-bond donors (Lipinski definition) is 0. The lowest BCUT2D eigenvalue weighted by atomic mass is 10.3. The number of hydrogen-bond acceptors (Lipinski definition) is 6. The second-order valence-corrected chi connectivity index (χ2v) is 7.04. The lowest BCUT2D eigenvalue weighted by Gasteiger charge is -2.36. The molecule has 0 aliphatic carbocycles. The second-order valence-electron chi connectivity index (χ2n) is 6.10. The van der Waals surface area contributed by atoms with Crippen molar-refractivity contribution in [2.75, 3.05) is 57.3 Å². The fraction of sp³-hybridized carbons (Fsp3) is 0.556. The molecule has 130 valence electrons. The van der Waals surface area contributed by atoms with Crippen LogP contribution < -0.4 is 4.90 Å². The lowest BCUT2D eigenvalue weighted by molar-refractivity contribution is 0.205.